The van der Waals surface area contributed by atoms with E-state index in [0.717, 1.165) is 19.3 Å². The van der Waals surface area contributed by atoms with Gasteiger partial charge in [-0.25, -0.2) is 4.79 Å². The van der Waals surface area contributed by atoms with E-state index in [9.17, 15) is 4.79 Å². The number of H-pyrrole nitrogens is 1. The lowest BCUT2D eigenvalue weighted by Crippen LogP contribution is -2.41. The highest BCUT2D eigenvalue weighted by Crippen LogP contribution is 2.30. The minimum atomic E-state index is -0.233. The average Bonchev–Trinajstić information content (AvgIpc) is 2.95. The average molecular weight is 388 g/mol. The first-order chi connectivity index (χ1) is 12.5. The van der Waals surface area contributed by atoms with Gasteiger partial charge in [0.15, 0.2) is 0 Å². The zero-order valence-corrected chi connectivity index (χ0v) is 15.8. The summed E-state index contributed by atoms with van der Waals surface area (Å²) in [5.74, 6) is 0. The van der Waals surface area contributed by atoms with Crippen LogP contribution in [0.15, 0.2) is 36.4 Å². The zero-order chi connectivity index (χ0) is 18.3. The van der Waals surface area contributed by atoms with Crippen LogP contribution in [0.25, 0.3) is 10.9 Å². The van der Waals surface area contributed by atoms with Crippen LogP contribution >= 0.6 is 23.2 Å². The first-order valence-electron chi connectivity index (χ1n) is 8.62. The number of halogens is 2. The summed E-state index contributed by atoms with van der Waals surface area (Å²) in [5, 5.41) is 8.05. The lowest BCUT2D eigenvalue weighted by atomic mass is 9.91. The molecule has 134 valence electrons. The number of anilines is 1. The summed E-state index contributed by atoms with van der Waals surface area (Å²) in [7, 11) is 0. The summed E-state index contributed by atoms with van der Waals surface area (Å²) >= 11 is 11.9. The van der Waals surface area contributed by atoms with Crippen LogP contribution in [0.1, 0.15) is 23.2 Å². The molecule has 1 unspecified atom stereocenters. The predicted octanol–water partition coefficient (Wildman–Crippen LogP) is 5.46. The van der Waals surface area contributed by atoms with Crippen LogP contribution in [0.2, 0.25) is 10.0 Å². The van der Waals surface area contributed by atoms with Gasteiger partial charge in [-0.15, -0.1) is 0 Å². The third-order valence-electron chi connectivity index (χ3n) is 4.86. The maximum Gasteiger partial charge on any atom is 0.319 e. The van der Waals surface area contributed by atoms with Gasteiger partial charge in [-0.3, -0.25) is 0 Å². The number of urea groups is 1. The number of aromatic amines is 1. The van der Waals surface area contributed by atoms with Crippen molar-refractivity contribution in [2.75, 3.05) is 5.32 Å². The predicted molar refractivity (Wildman–Crippen MR) is 107 cm³/mol. The monoisotopic (exact) mass is 387 g/mol. The first kappa shape index (κ1) is 17.3. The quantitative estimate of drug-likeness (QED) is 0.536. The Morgan fingerprint density at radius 3 is 2.81 bits per heavy atom. The number of hydrogen-bond acceptors (Lipinski definition) is 1. The number of aromatic nitrogens is 1. The second-order valence-corrected chi connectivity index (χ2v) is 7.61. The van der Waals surface area contributed by atoms with Crippen LogP contribution in [0.3, 0.4) is 0 Å². The van der Waals surface area contributed by atoms with Gasteiger partial charge in [-0.05, 0) is 55.7 Å². The molecule has 0 fully saturated rings. The van der Waals surface area contributed by atoms with E-state index in [1.165, 1.54) is 27.7 Å². The van der Waals surface area contributed by atoms with E-state index in [1.54, 1.807) is 18.2 Å². The molecule has 2 amide bonds. The van der Waals surface area contributed by atoms with E-state index in [-0.39, 0.29) is 12.1 Å². The van der Waals surface area contributed by atoms with Crippen LogP contribution < -0.4 is 10.6 Å². The summed E-state index contributed by atoms with van der Waals surface area (Å²) in [4.78, 5) is 15.8. The van der Waals surface area contributed by atoms with Gasteiger partial charge in [0.2, 0.25) is 0 Å². The molecule has 0 bridgehead atoms. The van der Waals surface area contributed by atoms with Crippen molar-refractivity contribution < 1.29 is 4.79 Å². The van der Waals surface area contributed by atoms with E-state index in [2.05, 4.69) is 40.7 Å². The minimum absolute atomic E-state index is 0.0967. The molecule has 1 aliphatic carbocycles. The summed E-state index contributed by atoms with van der Waals surface area (Å²) < 4.78 is 0. The van der Waals surface area contributed by atoms with Crippen LogP contribution in [-0.4, -0.2) is 17.1 Å². The fourth-order valence-electron chi connectivity index (χ4n) is 3.59. The van der Waals surface area contributed by atoms with Crippen LogP contribution in [0.5, 0.6) is 0 Å². The Morgan fingerprint density at radius 2 is 2.00 bits per heavy atom. The molecule has 0 saturated carbocycles. The number of carbonyl (C=O) groups excluding carboxylic acids is 1. The van der Waals surface area contributed by atoms with Gasteiger partial charge >= 0.3 is 6.03 Å². The highest BCUT2D eigenvalue weighted by molar-refractivity contribution is 6.42. The Morgan fingerprint density at radius 1 is 1.15 bits per heavy atom. The molecule has 3 N–H and O–H groups in total. The van der Waals surface area contributed by atoms with Gasteiger partial charge in [-0.1, -0.05) is 34.8 Å². The van der Waals surface area contributed by atoms with Crippen molar-refractivity contribution in [1.82, 2.24) is 10.3 Å². The Hall–Kier alpha value is -2.17. The maximum atomic E-state index is 12.3. The molecular weight excluding hydrogens is 369 g/mol. The highest BCUT2D eigenvalue weighted by atomic mass is 35.5. The molecule has 0 aliphatic heterocycles. The molecule has 4 rings (SSSR count). The van der Waals surface area contributed by atoms with Crippen molar-refractivity contribution in [3.63, 3.8) is 0 Å². The van der Waals surface area contributed by atoms with E-state index < -0.39 is 0 Å². The first-order valence-corrected chi connectivity index (χ1v) is 9.38. The third-order valence-corrected chi connectivity index (χ3v) is 5.60. The van der Waals surface area contributed by atoms with Crippen molar-refractivity contribution in [1.29, 1.82) is 0 Å². The number of rotatable bonds is 2. The van der Waals surface area contributed by atoms with E-state index in [0.29, 0.717) is 15.7 Å². The zero-order valence-electron chi connectivity index (χ0n) is 14.3. The molecule has 6 heteroatoms. The highest BCUT2D eigenvalue weighted by Gasteiger charge is 2.23. The summed E-state index contributed by atoms with van der Waals surface area (Å²) in [5.41, 5.74) is 5.65. The van der Waals surface area contributed by atoms with E-state index in [4.69, 9.17) is 23.2 Å². The lowest BCUT2D eigenvalue weighted by molar-refractivity contribution is 0.247. The van der Waals surface area contributed by atoms with Gasteiger partial charge in [0.05, 0.1) is 10.0 Å². The number of hydrogen-bond donors (Lipinski definition) is 3. The summed E-state index contributed by atoms with van der Waals surface area (Å²) in [6.07, 6.45) is 2.68. The van der Waals surface area contributed by atoms with Crippen molar-refractivity contribution in [3.8, 4) is 0 Å². The number of aryl methyl sites for hydroxylation is 2. The van der Waals surface area contributed by atoms with Crippen molar-refractivity contribution in [3.05, 3.63) is 63.3 Å². The van der Waals surface area contributed by atoms with Crippen molar-refractivity contribution in [2.24, 2.45) is 0 Å². The number of nitrogens with one attached hydrogen (secondary N) is 3. The molecule has 4 nitrogen and oxygen atoms in total. The topological polar surface area (TPSA) is 56.9 Å². The van der Waals surface area contributed by atoms with Crippen molar-refractivity contribution >= 4 is 45.8 Å². The fraction of sp³-hybridized carbons (Fsp3) is 0.250. The lowest BCUT2D eigenvalue weighted by Gasteiger charge is -2.23. The van der Waals surface area contributed by atoms with Gasteiger partial charge in [0.1, 0.15) is 0 Å². The molecule has 1 atom stereocenters. The Balaban J connectivity index is 1.44. The second kappa shape index (κ2) is 6.86. The van der Waals surface area contributed by atoms with Gasteiger partial charge in [0.25, 0.3) is 0 Å². The molecule has 1 aliphatic rings. The maximum absolute atomic E-state index is 12.3. The van der Waals surface area contributed by atoms with Crippen LogP contribution in [-0.2, 0) is 12.8 Å². The minimum Gasteiger partial charge on any atom is -0.358 e. The normalized spacial score (nSPS) is 16.3. The Kier molecular flexibility index (Phi) is 4.55. The van der Waals surface area contributed by atoms with E-state index >= 15 is 0 Å². The molecule has 26 heavy (non-hydrogen) atoms. The number of fused-ring (bicyclic) bond motifs is 3. The summed E-state index contributed by atoms with van der Waals surface area (Å²) in [6.45, 7) is 2.11. The number of benzene rings is 2. The smallest absolute Gasteiger partial charge is 0.319 e. The summed E-state index contributed by atoms with van der Waals surface area (Å²) in [6, 6.07) is 11.4. The molecular formula is C20H19Cl2N3O. The standard InChI is InChI=1S/C20H19Cl2N3O/c1-11-2-7-18-15(8-11)14-5-3-13(10-19(14)25-18)24-20(26)23-12-4-6-16(21)17(22)9-12/h2,4,6-9,13,25H,3,5,10H2,1H3,(H2,23,24,26). The Bertz CT molecular complexity index is 996. The Labute approximate surface area is 161 Å². The third kappa shape index (κ3) is 3.39. The number of carbonyl (C=O) groups is 1. The van der Waals surface area contributed by atoms with Gasteiger partial charge < -0.3 is 15.6 Å². The molecule has 1 aromatic heterocycles. The fourth-order valence-corrected chi connectivity index (χ4v) is 3.89. The second-order valence-electron chi connectivity index (χ2n) is 6.80. The van der Waals surface area contributed by atoms with Crippen LogP contribution in [0, 0.1) is 6.92 Å². The van der Waals surface area contributed by atoms with Crippen molar-refractivity contribution in [2.45, 2.75) is 32.2 Å². The molecule has 1 heterocycles. The van der Waals surface area contributed by atoms with Gasteiger partial charge in [0, 0.05) is 34.7 Å². The molecule has 2 aromatic carbocycles. The molecule has 0 spiro atoms. The molecule has 0 radical (unpaired) electrons. The van der Waals surface area contributed by atoms with Gasteiger partial charge in [-0.2, -0.15) is 0 Å². The molecule has 3 aromatic rings. The largest absolute Gasteiger partial charge is 0.358 e. The molecule has 0 saturated heterocycles. The van der Waals surface area contributed by atoms with E-state index in [1.807, 2.05) is 0 Å². The van der Waals surface area contributed by atoms with Crippen LogP contribution in [0.4, 0.5) is 10.5 Å². The number of amides is 2. The SMILES string of the molecule is Cc1ccc2[nH]c3c(c2c1)CCC(NC(=O)Nc1ccc(Cl)c(Cl)c1)C3.